The molecule has 1 atom stereocenters. The molecule has 0 bridgehead atoms. The first-order valence-corrected chi connectivity index (χ1v) is 15.6. The van der Waals surface area contributed by atoms with Crippen molar-refractivity contribution in [2.45, 2.75) is 65.4 Å². The maximum atomic E-state index is 14.2. The van der Waals surface area contributed by atoms with E-state index in [0.29, 0.717) is 29.2 Å². The molecule has 0 aliphatic heterocycles. The van der Waals surface area contributed by atoms with Gasteiger partial charge in [0, 0.05) is 18.1 Å². The number of carbonyl (C=O) groups excluding carboxylic acids is 2. The molecule has 0 saturated carbocycles. The van der Waals surface area contributed by atoms with E-state index in [9.17, 15) is 18.0 Å². The van der Waals surface area contributed by atoms with Gasteiger partial charge in [0.05, 0.1) is 10.6 Å². The topological polar surface area (TPSA) is 86.8 Å². The number of nitrogens with one attached hydrogen (secondary N) is 1. The van der Waals surface area contributed by atoms with Crippen LogP contribution in [0.4, 0.5) is 5.69 Å². The number of hydrogen-bond donors (Lipinski definition) is 1. The van der Waals surface area contributed by atoms with E-state index >= 15 is 0 Å². The minimum absolute atomic E-state index is 0.0529. The molecule has 3 aromatic carbocycles. The molecule has 0 fully saturated rings. The molecule has 220 valence electrons. The lowest BCUT2D eigenvalue weighted by Crippen LogP contribution is -2.52. The Morgan fingerprint density at radius 3 is 2.20 bits per heavy atom. The maximum absolute atomic E-state index is 14.2. The highest BCUT2D eigenvalue weighted by molar-refractivity contribution is 7.92. The molecule has 3 rings (SSSR count). The first-order valence-electron chi connectivity index (χ1n) is 13.8. The third-order valence-electron chi connectivity index (χ3n) is 7.10. The number of benzene rings is 3. The fraction of sp³-hybridized carbons (Fsp3) is 0.375. The predicted molar refractivity (Wildman–Crippen MR) is 166 cm³/mol. The molecule has 0 radical (unpaired) electrons. The lowest BCUT2D eigenvalue weighted by molar-refractivity contribution is -0.140. The summed E-state index contributed by atoms with van der Waals surface area (Å²) < 4.78 is 29.3. The molecular formula is C32H40ClN3O4S. The molecule has 41 heavy (non-hydrogen) atoms. The molecule has 1 N–H and O–H groups in total. The number of rotatable bonds is 12. The number of carbonyl (C=O) groups is 2. The van der Waals surface area contributed by atoms with Crippen LogP contribution in [0.1, 0.15) is 49.4 Å². The van der Waals surface area contributed by atoms with Crippen LogP contribution >= 0.6 is 11.6 Å². The summed E-state index contributed by atoms with van der Waals surface area (Å²) in [7, 11) is -4.13. The van der Waals surface area contributed by atoms with Crippen molar-refractivity contribution in [3.63, 3.8) is 0 Å². The lowest BCUT2D eigenvalue weighted by atomic mass is 10.1. The van der Waals surface area contributed by atoms with Crippen LogP contribution in [0.15, 0.2) is 71.6 Å². The van der Waals surface area contributed by atoms with Crippen LogP contribution in [-0.4, -0.2) is 44.3 Å². The Kier molecular flexibility index (Phi) is 11.0. The van der Waals surface area contributed by atoms with E-state index in [4.69, 9.17) is 11.6 Å². The second-order valence-corrected chi connectivity index (χ2v) is 13.0. The number of anilines is 1. The molecule has 0 aliphatic carbocycles. The number of sulfonamides is 1. The van der Waals surface area contributed by atoms with Crippen molar-refractivity contribution in [2.24, 2.45) is 5.92 Å². The molecule has 9 heteroatoms. The molecule has 0 heterocycles. The predicted octanol–water partition coefficient (Wildman–Crippen LogP) is 6.04. The van der Waals surface area contributed by atoms with Gasteiger partial charge in [0.1, 0.15) is 12.6 Å². The molecular weight excluding hydrogens is 558 g/mol. The maximum Gasteiger partial charge on any atom is 0.264 e. The Morgan fingerprint density at radius 1 is 0.927 bits per heavy atom. The van der Waals surface area contributed by atoms with Crippen LogP contribution in [0.25, 0.3) is 0 Å². The van der Waals surface area contributed by atoms with Crippen molar-refractivity contribution in [3.05, 3.63) is 94.0 Å². The average Bonchev–Trinajstić information content (AvgIpc) is 2.93. The molecule has 3 aromatic rings. The van der Waals surface area contributed by atoms with Crippen molar-refractivity contribution >= 4 is 39.1 Å². The van der Waals surface area contributed by atoms with Crippen molar-refractivity contribution in [1.82, 2.24) is 10.2 Å². The van der Waals surface area contributed by atoms with Gasteiger partial charge >= 0.3 is 0 Å². The zero-order chi connectivity index (χ0) is 30.3. The van der Waals surface area contributed by atoms with Gasteiger partial charge in [-0.1, -0.05) is 80.4 Å². The summed E-state index contributed by atoms with van der Waals surface area (Å²) >= 11 is 6.46. The van der Waals surface area contributed by atoms with Gasteiger partial charge in [0.25, 0.3) is 10.0 Å². The van der Waals surface area contributed by atoms with E-state index < -0.39 is 28.5 Å². The van der Waals surface area contributed by atoms with Crippen LogP contribution < -0.4 is 9.62 Å². The molecule has 0 saturated heterocycles. The van der Waals surface area contributed by atoms with Crippen molar-refractivity contribution in [3.8, 4) is 0 Å². The Balaban J connectivity index is 2.10. The summed E-state index contributed by atoms with van der Waals surface area (Å²) in [6.07, 6.45) is 0.342. The third kappa shape index (κ3) is 7.89. The molecule has 0 spiro atoms. The number of nitrogens with zero attached hydrogens (tertiary/aromatic N) is 2. The fourth-order valence-electron chi connectivity index (χ4n) is 4.51. The number of halogens is 1. The van der Waals surface area contributed by atoms with E-state index in [0.717, 1.165) is 21.0 Å². The van der Waals surface area contributed by atoms with E-state index in [1.165, 1.54) is 4.90 Å². The summed E-state index contributed by atoms with van der Waals surface area (Å²) in [6.45, 7) is 11.5. The summed E-state index contributed by atoms with van der Waals surface area (Å²) in [5.41, 5.74) is 3.63. The summed E-state index contributed by atoms with van der Waals surface area (Å²) in [6, 6.07) is 18.2. The van der Waals surface area contributed by atoms with Gasteiger partial charge in [-0.2, -0.15) is 0 Å². The highest BCUT2D eigenvalue weighted by Crippen LogP contribution is 2.29. The second-order valence-electron chi connectivity index (χ2n) is 10.7. The Morgan fingerprint density at radius 2 is 1.59 bits per heavy atom. The monoisotopic (exact) mass is 597 g/mol. The fourth-order valence-corrected chi connectivity index (χ4v) is 6.18. The van der Waals surface area contributed by atoms with Crippen LogP contribution in [0.5, 0.6) is 0 Å². The smallest absolute Gasteiger partial charge is 0.264 e. The van der Waals surface area contributed by atoms with Crippen molar-refractivity contribution in [2.75, 3.05) is 17.4 Å². The zero-order valence-corrected chi connectivity index (χ0v) is 26.2. The highest BCUT2D eigenvalue weighted by Gasteiger charge is 2.34. The SMILES string of the molecule is CC[C@@H](C(=O)NCC(C)C)N(Cc1ccccc1Cl)C(=O)CN(c1cccc(C)c1C)S(=O)(=O)c1ccc(C)cc1. The summed E-state index contributed by atoms with van der Waals surface area (Å²) in [5.74, 6) is -0.571. The summed E-state index contributed by atoms with van der Waals surface area (Å²) in [4.78, 5) is 29.1. The van der Waals surface area contributed by atoms with E-state index in [1.54, 1.807) is 54.6 Å². The number of aryl methyl sites for hydroxylation is 2. The highest BCUT2D eigenvalue weighted by atomic mass is 35.5. The molecule has 0 aromatic heterocycles. The van der Waals surface area contributed by atoms with E-state index in [1.807, 2.05) is 53.7 Å². The van der Waals surface area contributed by atoms with Gasteiger partial charge in [0.2, 0.25) is 11.8 Å². The van der Waals surface area contributed by atoms with Gasteiger partial charge in [0.15, 0.2) is 0 Å². The van der Waals surface area contributed by atoms with Crippen LogP contribution in [0, 0.1) is 26.7 Å². The Labute approximate surface area is 249 Å². The summed E-state index contributed by atoms with van der Waals surface area (Å²) in [5, 5.41) is 3.39. The first kappa shape index (κ1) is 32.2. The van der Waals surface area contributed by atoms with Crippen molar-refractivity contribution in [1.29, 1.82) is 0 Å². The third-order valence-corrected chi connectivity index (χ3v) is 9.24. The van der Waals surface area contributed by atoms with Crippen LogP contribution in [0.2, 0.25) is 5.02 Å². The Hall–Kier alpha value is -3.36. The first-order chi connectivity index (χ1) is 19.4. The normalized spacial score (nSPS) is 12.2. The standard InChI is InChI=1S/C32H40ClN3O4S/c1-7-29(32(38)34-19-22(2)3)35(20-26-12-8-9-13-28(26)33)31(37)21-36(30-14-10-11-24(5)25(30)6)41(39,40)27-17-15-23(4)16-18-27/h8-18,22,29H,7,19-21H2,1-6H3,(H,34,38)/t29-/m0/s1. The number of hydrogen-bond acceptors (Lipinski definition) is 4. The van der Waals surface area contributed by atoms with Gasteiger partial charge < -0.3 is 10.2 Å². The Bertz CT molecular complexity index is 1470. The number of amides is 2. The quantitative estimate of drug-likeness (QED) is 0.276. The largest absolute Gasteiger partial charge is 0.354 e. The molecule has 2 amide bonds. The second kappa shape index (κ2) is 14.0. The minimum Gasteiger partial charge on any atom is -0.354 e. The van der Waals surface area contributed by atoms with Crippen LogP contribution in [-0.2, 0) is 26.2 Å². The van der Waals surface area contributed by atoms with Gasteiger partial charge in [-0.05, 0) is 74.1 Å². The molecule has 0 aliphatic rings. The van der Waals surface area contributed by atoms with Gasteiger partial charge in [-0.15, -0.1) is 0 Å². The molecule has 7 nitrogen and oxygen atoms in total. The lowest BCUT2D eigenvalue weighted by Gasteiger charge is -2.34. The van der Waals surface area contributed by atoms with Gasteiger partial charge in [-0.3, -0.25) is 13.9 Å². The van der Waals surface area contributed by atoms with Crippen LogP contribution in [0.3, 0.4) is 0 Å². The minimum atomic E-state index is -4.13. The molecule has 0 unspecified atom stereocenters. The van der Waals surface area contributed by atoms with E-state index in [2.05, 4.69) is 5.32 Å². The van der Waals surface area contributed by atoms with Crippen molar-refractivity contribution < 1.29 is 18.0 Å². The zero-order valence-electron chi connectivity index (χ0n) is 24.6. The average molecular weight is 598 g/mol. The van der Waals surface area contributed by atoms with Gasteiger partial charge in [-0.25, -0.2) is 8.42 Å². The van der Waals surface area contributed by atoms with E-state index in [-0.39, 0.29) is 23.3 Å².